The summed E-state index contributed by atoms with van der Waals surface area (Å²) in [6.07, 6.45) is 6.34. The van der Waals surface area contributed by atoms with Crippen molar-refractivity contribution in [3.63, 3.8) is 0 Å². The van der Waals surface area contributed by atoms with Crippen LogP contribution in [-0.4, -0.2) is 15.8 Å². The molecule has 0 amide bonds. The Kier molecular flexibility index (Phi) is 2.47. The van der Waals surface area contributed by atoms with Crippen molar-refractivity contribution in [3.05, 3.63) is 10.1 Å². The number of hydrogen-bond donors (Lipinski definition) is 1. The molecule has 2 fully saturated rings. The van der Waals surface area contributed by atoms with E-state index in [0.29, 0.717) is 12.3 Å². The number of aliphatic hydroxyl groups is 1. The summed E-state index contributed by atoms with van der Waals surface area (Å²) in [5, 5.41) is 20.9. The summed E-state index contributed by atoms with van der Waals surface area (Å²) in [4.78, 5) is 10.4. The van der Waals surface area contributed by atoms with Crippen LogP contribution in [0.2, 0.25) is 0 Å². The summed E-state index contributed by atoms with van der Waals surface area (Å²) in [6.45, 7) is 0. The van der Waals surface area contributed by atoms with E-state index in [1.165, 1.54) is 6.42 Å². The Hall–Kier alpha value is -0.640. The van der Waals surface area contributed by atoms with Crippen molar-refractivity contribution < 1.29 is 10.0 Å². The fourth-order valence-corrected chi connectivity index (χ4v) is 3.20. The van der Waals surface area contributed by atoms with E-state index in [1.54, 1.807) is 0 Å². The molecule has 1 N–H and O–H groups in total. The number of nitrogens with zero attached hydrogens (tertiary/aromatic N) is 1. The number of nitro groups is 1. The van der Waals surface area contributed by atoms with Gasteiger partial charge in [0.05, 0.1) is 10.8 Å². The van der Waals surface area contributed by atoms with Gasteiger partial charge in [-0.3, -0.25) is 10.1 Å². The van der Waals surface area contributed by atoms with Crippen molar-refractivity contribution in [2.75, 3.05) is 0 Å². The Morgan fingerprint density at radius 1 is 1.21 bits per heavy atom. The highest BCUT2D eigenvalue weighted by Crippen LogP contribution is 2.46. The summed E-state index contributed by atoms with van der Waals surface area (Å²) in [5.41, 5.74) is -1.61. The Balaban J connectivity index is 2.20. The van der Waals surface area contributed by atoms with Gasteiger partial charge in [-0.2, -0.15) is 0 Å². The molecule has 0 aromatic heterocycles. The molecule has 0 heterocycles. The maximum absolute atomic E-state index is 10.9. The van der Waals surface area contributed by atoms with Crippen LogP contribution in [0.3, 0.4) is 0 Å². The van der Waals surface area contributed by atoms with E-state index >= 15 is 0 Å². The number of hydrogen-bond acceptors (Lipinski definition) is 3. The van der Waals surface area contributed by atoms with Crippen molar-refractivity contribution >= 4 is 0 Å². The van der Waals surface area contributed by atoms with Gasteiger partial charge in [0.2, 0.25) is 0 Å². The van der Waals surface area contributed by atoms with E-state index in [9.17, 15) is 15.2 Å². The molecular weight excluding hydrogens is 182 g/mol. The molecule has 0 saturated heterocycles. The van der Waals surface area contributed by atoms with Gasteiger partial charge in [-0.05, 0) is 31.6 Å². The lowest BCUT2D eigenvalue weighted by atomic mass is 9.66. The molecule has 4 nitrogen and oxygen atoms in total. The van der Waals surface area contributed by atoms with Crippen LogP contribution in [0.5, 0.6) is 0 Å². The number of fused-ring (bicyclic) bond motifs is 1. The van der Waals surface area contributed by atoms with Crippen LogP contribution in [0.25, 0.3) is 0 Å². The van der Waals surface area contributed by atoms with Gasteiger partial charge in [-0.25, -0.2) is 0 Å². The van der Waals surface area contributed by atoms with Gasteiger partial charge in [-0.1, -0.05) is 12.8 Å². The van der Waals surface area contributed by atoms with E-state index in [4.69, 9.17) is 0 Å². The Morgan fingerprint density at radius 2 is 1.86 bits per heavy atom. The Morgan fingerprint density at radius 3 is 2.57 bits per heavy atom. The molecule has 3 atom stereocenters. The number of rotatable bonds is 1. The first-order valence-electron chi connectivity index (χ1n) is 5.51. The standard InChI is InChI=1S/C10H17NO3/c12-10(11(13)14)7-3-5-8-4-1-2-6-9(8)10/h8-9,12H,1-7H2. The highest BCUT2D eigenvalue weighted by Gasteiger charge is 2.54. The molecule has 0 aromatic rings. The second kappa shape index (κ2) is 3.50. The van der Waals surface area contributed by atoms with Gasteiger partial charge in [0, 0.05) is 6.42 Å². The van der Waals surface area contributed by atoms with Gasteiger partial charge < -0.3 is 5.11 Å². The van der Waals surface area contributed by atoms with E-state index < -0.39 is 10.6 Å². The Bertz CT molecular complexity index is 242. The molecule has 2 aliphatic carbocycles. The minimum Gasteiger partial charge on any atom is -0.330 e. The van der Waals surface area contributed by atoms with Crippen LogP contribution >= 0.6 is 0 Å². The lowest BCUT2D eigenvalue weighted by Gasteiger charge is -2.41. The van der Waals surface area contributed by atoms with Crippen LogP contribution in [-0.2, 0) is 0 Å². The summed E-state index contributed by atoms with van der Waals surface area (Å²) in [7, 11) is 0. The maximum Gasteiger partial charge on any atom is 0.325 e. The van der Waals surface area contributed by atoms with Crippen LogP contribution in [0.4, 0.5) is 0 Å². The van der Waals surface area contributed by atoms with Gasteiger partial charge in [0.25, 0.3) is 0 Å². The Labute approximate surface area is 83.5 Å². The van der Waals surface area contributed by atoms with Crippen LogP contribution in [0.1, 0.15) is 44.9 Å². The quantitative estimate of drug-likeness (QED) is 0.399. The zero-order valence-electron chi connectivity index (χ0n) is 8.32. The zero-order valence-corrected chi connectivity index (χ0v) is 8.32. The van der Waals surface area contributed by atoms with Crippen molar-refractivity contribution in [1.82, 2.24) is 0 Å². The van der Waals surface area contributed by atoms with E-state index in [-0.39, 0.29) is 5.92 Å². The monoisotopic (exact) mass is 199 g/mol. The molecule has 0 aliphatic heterocycles. The highest BCUT2D eigenvalue weighted by molar-refractivity contribution is 4.89. The minimum absolute atomic E-state index is 0.0833. The molecule has 0 spiro atoms. The average Bonchev–Trinajstić information content (AvgIpc) is 2.18. The fraction of sp³-hybridized carbons (Fsp3) is 1.00. The molecule has 2 aliphatic rings. The first-order valence-corrected chi connectivity index (χ1v) is 5.51. The molecule has 80 valence electrons. The predicted molar refractivity (Wildman–Crippen MR) is 51.2 cm³/mol. The third kappa shape index (κ3) is 1.41. The molecule has 14 heavy (non-hydrogen) atoms. The van der Waals surface area contributed by atoms with Crippen molar-refractivity contribution in [1.29, 1.82) is 0 Å². The summed E-state index contributed by atoms with van der Waals surface area (Å²) in [5.74, 6) is 0.313. The van der Waals surface area contributed by atoms with E-state index in [0.717, 1.165) is 32.1 Å². The minimum atomic E-state index is -1.61. The van der Waals surface area contributed by atoms with Gasteiger partial charge in [0.1, 0.15) is 0 Å². The van der Waals surface area contributed by atoms with E-state index in [1.807, 2.05) is 0 Å². The van der Waals surface area contributed by atoms with Crippen molar-refractivity contribution in [2.45, 2.75) is 50.7 Å². The van der Waals surface area contributed by atoms with Crippen molar-refractivity contribution in [2.24, 2.45) is 11.8 Å². The average molecular weight is 199 g/mol. The fourth-order valence-electron chi connectivity index (χ4n) is 3.20. The highest BCUT2D eigenvalue weighted by atomic mass is 16.7. The molecule has 4 heteroatoms. The topological polar surface area (TPSA) is 63.4 Å². The maximum atomic E-state index is 10.9. The first-order chi connectivity index (χ1) is 6.64. The molecule has 3 unspecified atom stereocenters. The van der Waals surface area contributed by atoms with E-state index in [2.05, 4.69) is 0 Å². The smallest absolute Gasteiger partial charge is 0.325 e. The van der Waals surface area contributed by atoms with Gasteiger partial charge in [0.15, 0.2) is 0 Å². The summed E-state index contributed by atoms with van der Waals surface area (Å²) >= 11 is 0. The van der Waals surface area contributed by atoms with Crippen LogP contribution < -0.4 is 0 Å². The molecule has 0 bridgehead atoms. The second-order valence-electron chi connectivity index (χ2n) is 4.68. The van der Waals surface area contributed by atoms with Gasteiger partial charge in [-0.15, -0.1) is 0 Å². The molecule has 0 radical (unpaired) electrons. The summed E-state index contributed by atoms with van der Waals surface area (Å²) < 4.78 is 0. The SMILES string of the molecule is O=[N+]([O-])C1(O)CCCC2CCCCC21. The second-order valence-corrected chi connectivity index (χ2v) is 4.68. The predicted octanol–water partition coefficient (Wildman–Crippen LogP) is 1.94. The van der Waals surface area contributed by atoms with Crippen LogP contribution in [0.15, 0.2) is 0 Å². The van der Waals surface area contributed by atoms with Crippen LogP contribution in [0, 0.1) is 22.0 Å². The largest absolute Gasteiger partial charge is 0.330 e. The summed E-state index contributed by atoms with van der Waals surface area (Å²) in [6, 6.07) is 0. The van der Waals surface area contributed by atoms with Gasteiger partial charge >= 0.3 is 5.72 Å². The molecule has 2 rings (SSSR count). The molecule has 0 aromatic carbocycles. The van der Waals surface area contributed by atoms with Crippen molar-refractivity contribution in [3.8, 4) is 0 Å². The lowest BCUT2D eigenvalue weighted by Crippen LogP contribution is -2.52. The lowest BCUT2D eigenvalue weighted by molar-refractivity contribution is -0.644. The molecule has 2 saturated carbocycles. The normalized spacial score (nSPS) is 42.9. The third-order valence-electron chi connectivity index (χ3n) is 3.94. The first kappa shape index (κ1) is 9.90. The third-order valence-corrected chi connectivity index (χ3v) is 3.94. The molecular formula is C10H17NO3. The zero-order chi connectivity index (χ0) is 10.2.